The second kappa shape index (κ2) is 7.25. The van der Waals surface area contributed by atoms with Crippen LogP contribution in [0.15, 0.2) is 46.0 Å². The largest absolute Gasteiger partial charge is 0.466 e. The first-order valence-corrected chi connectivity index (χ1v) is 7.83. The Morgan fingerprint density at radius 1 is 1.43 bits per heavy atom. The van der Waals surface area contributed by atoms with Gasteiger partial charge in [-0.25, -0.2) is 4.99 Å². The third-order valence-electron chi connectivity index (χ3n) is 3.40. The minimum atomic E-state index is -1.23. The van der Waals surface area contributed by atoms with Crippen LogP contribution in [-0.4, -0.2) is 17.6 Å². The van der Waals surface area contributed by atoms with Crippen LogP contribution in [0.25, 0.3) is 0 Å². The molecular weight excluding hydrogens is 337 g/mol. The van der Waals surface area contributed by atoms with Crippen LogP contribution in [-0.2, 0) is 5.60 Å². The summed E-state index contributed by atoms with van der Waals surface area (Å²) in [4.78, 5) is 4.17. The maximum atomic E-state index is 10.3. The number of guanidine groups is 1. The van der Waals surface area contributed by atoms with E-state index in [1.807, 2.05) is 13.0 Å². The Bertz CT molecular complexity index is 685. The number of nitrogens with zero attached hydrogens (tertiary/aromatic N) is 1. The second-order valence-electron chi connectivity index (χ2n) is 5.48. The molecule has 2 atom stereocenters. The topological polar surface area (TPSA) is 83.8 Å². The summed E-state index contributed by atoms with van der Waals surface area (Å²) in [6.07, 6.45) is 1.50. The Hall–Kier alpha value is -1.69. The number of hydrogen-bond donors (Lipinski definition) is 3. The van der Waals surface area contributed by atoms with E-state index >= 15 is 0 Å². The first kappa shape index (κ1) is 17.7. The molecule has 0 radical (unpaired) electrons. The van der Waals surface area contributed by atoms with Crippen molar-refractivity contribution in [3.8, 4) is 0 Å². The molecule has 0 amide bonds. The fourth-order valence-electron chi connectivity index (χ4n) is 2.10. The van der Waals surface area contributed by atoms with Crippen LogP contribution in [0.3, 0.4) is 0 Å². The van der Waals surface area contributed by atoms with Gasteiger partial charge in [0.15, 0.2) is 5.96 Å². The van der Waals surface area contributed by atoms with Gasteiger partial charge in [-0.3, -0.25) is 0 Å². The highest BCUT2D eigenvalue weighted by Gasteiger charge is 2.26. The molecule has 2 unspecified atom stereocenters. The molecule has 0 bridgehead atoms. The molecule has 1 aromatic carbocycles. The van der Waals surface area contributed by atoms with Crippen LogP contribution >= 0.6 is 23.2 Å². The van der Waals surface area contributed by atoms with E-state index in [-0.39, 0.29) is 18.5 Å². The van der Waals surface area contributed by atoms with Crippen molar-refractivity contribution in [2.45, 2.75) is 25.5 Å². The molecule has 2 rings (SSSR count). The summed E-state index contributed by atoms with van der Waals surface area (Å²) in [5.41, 5.74) is 5.51. The van der Waals surface area contributed by atoms with Gasteiger partial charge in [-0.15, -0.1) is 0 Å². The Morgan fingerprint density at radius 3 is 2.78 bits per heavy atom. The quantitative estimate of drug-likeness (QED) is 0.566. The molecule has 124 valence electrons. The summed E-state index contributed by atoms with van der Waals surface area (Å²) in [5.74, 6) is 0.637. The minimum Gasteiger partial charge on any atom is -0.466 e. The Kier molecular flexibility index (Phi) is 5.57. The number of nitrogens with two attached hydrogens (primary N) is 1. The third kappa shape index (κ3) is 4.64. The molecule has 1 heterocycles. The van der Waals surface area contributed by atoms with Crippen LogP contribution in [0.1, 0.15) is 31.2 Å². The number of halogens is 2. The highest BCUT2D eigenvalue weighted by atomic mass is 35.5. The van der Waals surface area contributed by atoms with E-state index in [0.29, 0.717) is 15.8 Å². The zero-order valence-corrected chi connectivity index (χ0v) is 14.4. The predicted molar refractivity (Wildman–Crippen MR) is 92.8 cm³/mol. The smallest absolute Gasteiger partial charge is 0.189 e. The zero-order valence-electron chi connectivity index (χ0n) is 12.9. The summed E-state index contributed by atoms with van der Waals surface area (Å²) in [6, 6.07) is 8.50. The van der Waals surface area contributed by atoms with Crippen molar-refractivity contribution in [1.29, 1.82) is 0 Å². The fraction of sp³-hybridized carbons (Fsp3) is 0.312. The van der Waals surface area contributed by atoms with E-state index in [1.165, 1.54) is 6.26 Å². The fourth-order valence-corrected chi connectivity index (χ4v) is 2.67. The van der Waals surface area contributed by atoms with Crippen LogP contribution in [0.4, 0.5) is 0 Å². The van der Waals surface area contributed by atoms with Crippen molar-refractivity contribution in [3.05, 3.63) is 58.0 Å². The normalized spacial score (nSPS) is 16.0. The van der Waals surface area contributed by atoms with Gasteiger partial charge in [0.1, 0.15) is 11.4 Å². The lowest BCUT2D eigenvalue weighted by Crippen LogP contribution is -2.36. The Morgan fingerprint density at radius 2 is 2.17 bits per heavy atom. The van der Waals surface area contributed by atoms with Crippen molar-refractivity contribution < 1.29 is 9.52 Å². The molecule has 0 fully saturated rings. The molecule has 0 aliphatic rings. The average Bonchev–Trinajstić information content (AvgIpc) is 3.00. The molecule has 1 aromatic heterocycles. The number of aliphatic hydroxyl groups is 1. The van der Waals surface area contributed by atoms with Gasteiger partial charge in [0.2, 0.25) is 0 Å². The lowest BCUT2D eigenvalue weighted by molar-refractivity contribution is 0.0437. The molecule has 0 aliphatic carbocycles. The van der Waals surface area contributed by atoms with Gasteiger partial charge in [0.05, 0.1) is 18.8 Å². The van der Waals surface area contributed by atoms with Gasteiger partial charge in [0, 0.05) is 10.0 Å². The maximum Gasteiger partial charge on any atom is 0.189 e. The highest BCUT2D eigenvalue weighted by Crippen LogP contribution is 2.26. The van der Waals surface area contributed by atoms with Crippen LogP contribution < -0.4 is 11.1 Å². The third-order valence-corrected chi connectivity index (χ3v) is 3.97. The van der Waals surface area contributed by atoms with Crippen molar-refractivity contribution in [1.82, 2.24) is 5.32 Å². The van der Waals surface area contributed by atoms with Crippen molar-refractivity contribution in [3.63, 3.8) is 0 Å². The average molecular weight is 356 g/mol. The molecule has 0 saturated carbocycles. The number of benzene rings is 1. The van der Waals surface area contributed by atoms with E-state index in [4.69, 9.17) is 33.4 Å². The van der Waals surface area contributed by atoms with E-state index in [0.717, 1.165) is 5.56 Å². The number of furan rings is 1. The Labute approximate surface area is 145 Å². The van der Waals surface area contributed by atoms with Gasteiger partial charge in [-0.2, -0.15) is 0 Å². The molecule has 0 saturated heterocycles. The second-order valence-corrected chi connectivity index (χ2v) is 6.33. The first-order valence-electron chi connectivity index (χ1n) is 7.07. The lowest BCUT2D eigenvalue weighted by Gasteiger charge is -2.20. The predicted octanol–water partition coefficient (Wildman–Crippen LogP) is 3.46. The summed E-state index contributed by atoms with van der Waals surface area (Å²) >= 11 is 12.1. The van der Waals surface area contributed by atoms with Gasteiger partial charge >= 0.3 is 0 Å². The number of rotatable bonds is 5. The number of hydrogen-bond acceptors (Lipinski definition) is 3. The van der Waals surface area contributed by atoms with Gasteiger partial charge < -0.3 is 20.6 Å². The molecule has 23 heavy (non-hydrogen) atoms. The molecule has 7 heteroatoms. The molecule has 5 nitrogen and oxygen atoms in total. The SMILES string of the molecule is CC(NC(N)=NCC(C)(O)c1ccco1)c1ccc(Cl)cc1Cl. The molecule has 2 aromatic rings. The monoisotopic (exact) mass is 355 g/mol. The van der Waals surface area contributed by atoms with E-state index in [2.05, 4.69) is 10.3 Å². The summed E-state index contributed by atoms with van der Waals surface area (Å²) < 4.78 is 5.20. The summed E-state index contributed by atoms with van der Waals surface area (Å²) in [7, 11) is 0. The standard InChI is InChI=1S/C16H19Cl2N3O2/c1-10(12-6-5-11(17)8-13(12)18)21-15(19)20-9-16(2,22)14-4-3-7-23-14/h3-8,10,22H,9H2,1-2H3,(H3,19,20,21). The number of nitrogens with one attached hydrogen (secondary N) is 1. The van der Waals surface area contributed by atoms with Crippen molar-refractivity contribution >= 4 is 29.2 Å². The maximum absolute atomic E-state index is 10.3. The molecule has 0 spiro atoms. The van der Waals surface area contributed by atoms with Gasteiger partial charge in [-0.1, -0.05) is 29.3 Å². The lowest BCUT2D eigenvalue weighted by atomic mass is 10.0. The highest BCUT2D eigenvalue weighted by molar-refractivity contribution is 6.35. The molecule has 4 N–H and O–H groups in total. The van der Waals surface area contributed by atoms with E-state index < -0.39 is 5.60 Å². The van der Waals surface area contributed by atoms with Gasteiger partial charge in [0.25, 0.3) is 0 Å². The molecule has 0 aliphatic heterocycles. The first-order chi connectivity index (χ1) is 10.8. The van der Waals surface area contributed by atoms with E-state index in [9.17, 15) is 5.11 Å². The van der Waals surface area contributed by atoms with Crippen molar-refractivity contribution in [2.24, 2.45) is 10.7 Å². The van der Waals surface area contributed by atoms with Gasteiger partial charge in [-0.05, 0) is 43.7 Å². The number of aliphatic imine (C=N–C) groups is 1. The van der Waals surface area contributed by atoms with Crippen molar-refractivity contribution in [2.75, 3.05) is 6.54 Å². The zero-order chi connectivity index (χ0) is 17.0. The van der Waals surface area contributed by atoms with Crippen LogP contribution in [0.2, 0.25) is 10.0 Å². The van der Waals surface area contributed by atoms with Crippen LogP contribution in [0, 0.1) is 0 Å². The summed E-state index contributed by atoms with van der Waals surface area (Å²) in [5, 5.41) is 14.5. The van der Waals surface area contributed by atoms with Crippen LogP contribution in [0.5, 0.6) is 0 Å². The summed E-state index contributed by atoms with van der Waals surface area (Å²) in [6.45, 7) is 3.59. The van der Waals surface area contributed by atoms with E-state index in [1.54, 1.807) is 31.2 Å². The minimum absolute atomic E-state index is 0.0699. The Balaban J connectivity index is 2.02. The molecular formula is C16H19Cl2N3O2.